The molecule has 0 atom stereocenters. The summed E-state index contributed by atoms with van der Waals surface area (Å²) in [5.41, 5.74) is 5.93. The topological polar surface area (TPSA) is 63.7 Å². The van der Waals surface area contributed by atoms with Crippen LogP contribution in [0.15, 0.2) is 17.3 Å². The average Bonchev–Trinajstić information content (AvgIpc) is 2.46. The van der Waals surface area contributed by atoms with Crippen molar-refractivity contribution in [2.75, 3.05) is 37.7 Å². The number of nitrogens with zero attached hydrogens (tertiary/aromatic N) is 3. The summed E-state index contributed by atoms with van der Waals surface area (Å²) in [5, 5.41) is 0.870. The predicted octanol–water partition coefficient (Wildman–Crippen LogP) is 2.75. The molecule has 5 nitrogen and oxygen atoms in total. The molecule has 118 valence electrons. The maximum Gasteiger partial charge on any atom is 0.232 e. The van der Waals surface area contributed by atoms with Crippen LogP contribution in [0.2, 0.25) is 10.0 Å². The van der Waals surface area contributed by atoms with Crippen LogP contribution in [-0.2, 0) is 0 Å². The third-order valence-electron chi connectivity index (χ3n) is 2.71. The standard InChI is InChI=1S/C12H16Cl2N4OS.HI/c13-9-7-10(14)11(17-8-9)19-4-1-16-12(15)18-2-5-20-6-3-18;/h7-8H,1-6H2,(H2,15,16);1H. The van der Waals surface area contributed by atoms with Crippen molar-refractivity contribution in [3.05, 3.63) is 22.3 Å². The van der Waals surface area contributed by atoms with Crippen LogP contribution >= 0.6 is 58.9 Å². The molecule has 1 aromatic rings. The first-order valence-corrected chi connectivity index (χ1v) is 8.14. The number of ether oxygens (including phenoxy) is 1. The fourth-order valence-corrected chi connectivity index (χ4v) is 3.04. The van der Waals surface area contributed by atoms with Gasteiger partial charge >= 0.3 is 0 Å². The van der Waals surface area contributed by atoms with E-state index < -0.39 is 0 Å². The second-order valence-corrected chi connectivity index (χ2v) is 6.20. The monoisotopic (exact) mass is 462 g/mol. The molecule has 1 aliphatic rings. The van der Waals surface area contributed by atoms with Crippen molar-refractivity contribution in [3.63, 3.8) is 0 Å². The largest absolute Gasteiger partial charge is 0.475 e. The van der Waals surface area contributed by atoms with Crippen molar-refractivity contribution in [2.45, 2.75) is 0 Å². The highest BCUT2D eigenvalue weighted by molar-refractivity contribution is 14.0. The van der Waals surface area contributed by atoms with Crippen molar-refractivity contribution in [3.8, 4) is 5.88 Å². The summed E-state index contributed by atoms with van der Waals surface area (Å²) >= 11 is 13.6. The van der Waals surface area contributed by atoms with Gasteiger partial charge in [-0.3, -0.25) is 0 Å². The number of aromatic nitrogens is 1. The number of aliphatic imine (C=N–C) groups is 1. The zero-order valence-corrected chi connectivity index (χ0v) is 16.0. The molecule has 0 aliphatic carbocycles. The van der Waals surface area contributed by atoms with Crippen molar-refractivity contribution in [1.82, 2.24) is 9.88 Å². The number of hydrogen-bond acceptors (Lipinski definition) is 4. The van der Waals surface area contributed by atoms with E-state index in [0.717, 1.165) is 24.6 Å². The van der Waals surface area contributed by atoms with Gasteiger partial charge in [0.2, 0.25) is 5.88 Å². The molecule has 9 heteroatoms. The summed E-state index contributed by atoms with van der Waals surface area (Å²) in [6.45, 7) is 2.74. The Balaban J connectivity index is 0.00000220. The molecule has 0 saturated carbocycles. The molecule has 0 spiro atoms. The van der Waals surface area contributed by atoms with E-state index in [0.29, 0.717) is 35.0 Å². The van der Waals surface area contributed by atoms with Crippen molar-refractivity contribution in [1.29, 1.82) is 0 Å². The Kier molecular flexibility index (Phi) is 8.84. The molecule has 0 aromatic carbocycles. The third kappa shape index (κ3) is 6.25. The molecule has 1 aromatic heterocycles. The minimum atomic E-state index is 0. The molecule has 1 aliphatic heterocycles. The SMILES string of the molecule is I.NC(=NCCOc1ncc(Cl)cc1Cl)N1CCSCC1. The first-order valence-electron chi connectivity index (χ1n) is 6.23. The van der Waals surface area contributed by atoms with Gasteiger partial charge in [0.1, 0.15) is 11.6 Å². The van der Waals surface area contributed by atoms with Crippen molar-refractivity contribution < 1.29 is 4.74 Å². The third-order valence-corrected chi connectivity index (χ3v) is 4.13. The average molecular weight is 463 g/mol. The van der Waals surface area contributed by atoms with Gasteiger partial charge in [-0.2, -0.15) is 11.8 Å². The van der Waals surface area contributed by atoms with Crippen LogP contribution in [0.3, 0.4) is 0 Å². The lowest BCUT2D eigenvalue weighted by atomic mass is 10.5. The van der Waals surface area contributed by atoms with Gasteiger partial charge in [-0.15, -0.1) is 24.0 Å². The number of thioether (sulfide) groups is 1. The summed E-state index contributed by atoms with van der Waals surface area (Å²) in [5.74, 6) is 3.12. The van der Waals surface area contributed by atoms with E-state index in [1.165, 1.54) is 6.20 Å². The van der Waals surface area contributed by atoms with Crippen LogP contribution in [0.5, 0.6) is 5.88 Å². The van der Waals surface area contributed by atoms with E-state index in [9.17, 15) is 0 Å². The second kappa shape index (κ2) is 9.81. The van der Waals surface area contributed by atoms with E-state index in [1.807, 2.05) is 11.8 Å². The van der Waals surface area contributed by atoms with Crippen LogP contribution < -0.4 is 10.5 Å². The highest BCUT2D eigenvalue weighted by atomic mass is 127. The van der Waals surface area contributed by atoms with Gasteiger partial charge in [-0.1, -0.05) is 23.2 Å². The Labute approximate surface area is 155 Å². The van der Waals surface area contributed by atoms with Gasteiger partial charge in [-0.05, 0) is 6.07 Å². The van der Waals surface area contributed by atoms with E-state index in [-0.39, 0.29) is 24.0 Å². The van der Waals surface area contributed by atoms with Crippen molar-refractivity contribution >= 4 is 64.9 Å². The molecule has 0 amide bonds. The Bertz CT molecular complexity index is 486. The normalized spacial score (nSPS) is 15.5. The van der Waals surface area contributed by atoms with Gasteiger partial charge in [-0.25, -0.2) is 9.98 Å². The van der Waals surface area contributed by atoms with E-state index in [2.05, 4.69) is 14.9 Å². The summed E-state index contributed by atoms with van der Waals surface area (Å²) < 4.78 is 5.44. The van der Waals surface area contributed by atoms with Crippen LogP contribution in [0.25, 0.3) is 0 Å². The van der Waals surface area contributed by atoms with Crippen molar-refractivity contribution in [2.24, 2.45) is 10.7 Å². The first-order chi connectivity index (χ1) is 9.66. The maximum absolute atomic E-state index is 5.95. The molecule has 2 N–H and O–H groups in total. The predicted molar refractivity (Wildman–Crippen MR) is 101 cm³/mol. The van der Waals surface area contributed by atoms with Gasteiger partial charge in [0.15, 0.2) is 5.96 Å². The van der Waals surface area contributed by atoms with Gasteiger partial charge in [0, 0.05) is 30.8 Å². The Morgan fingerprint density at radius 3 is 2.81 bits per heavy atom. The molecular weight excluding hydrogens is 446 g/mol. The number of nitrogens with two attached hydrogens (primary N) is 1. The fourth-order valence-electron chi connectivity index (χ4n) is 1.70. The van der Waals surface area contributed by atoms with E-state index in [1.54, 1.807) is 6.07 Å². The number of halogens is 3. The minimum absolute atomic E-state index is 0. The molecule has 0 bridgehead atoms. The summed E-state index contributed by atoms with van der Waals surface area (Å²) in [6.07, 6.45) is 1.49. The van der Waals surface area contributed by atoms with Gasteiger partial charge in [0.25, 0.3) is 0 Å². The molecule has 1 fully saturated rings. The Hall–Kier alpha value is -0.120. The van der Waals surface area contributed by atoms with Gasteiger partial charge < -0.3 is 15.4 Å². The molecule has 21 heavy (non-hydrogen) atoms. The Morgan fingerprint density at radius 1 is 1.43 bits per heavy atom. The summed E-state index contributed by atoms with van der Waals surface area (Å²) in [4.78, 5) is 10.4. The second-order valence-electron chi connectivity index (χ2n) is 4.13. The lowest BCUT2D eigenvalue weighted by Crippen LogP contribution is -2.42. The Morgan fingerprint density at radius 2 is 2.14 bits per heavy atom. The molecule has 1 saturated heterocycles. The van der Waals surface area contributed by atoms with E-state index >= 15 is 0 Å². The number of hydrogen-bond donors (Lipinski definition) is 1. The van der Waals surface area contributed by atoms with Crippen LogP contribution in [0, 0.1) is 0 Å². The molecule has 2 rings (SSSR count). The zero-order valence-electron chi connectivity index (χ0n) is 11.3. The highest BCUT2D eigenvalue weighted by Gasteiger charge is 2.11. The maximum atomic E-state index is 5.95. The molecule has 0 unspecified atom stereocenters. The number of rotatable bonds is 4. The van der Waals surface area contributed by atoms with Crippen LogP contribution in [-0.4, -0.2) is 53.6 Å². The van der Waals surface area contributed by atoms with Gasteiger partial charge in [0.05, 0.1) is 11.6 Å². The number of guanidine groups is 1. The molecule has 0 radical (unpaired) electrons. The molecule has 2 heterocycles. The number of pyridine rings is 1. The highest BCUT2D eigenvalue weighted by Crippen LogP contribution is 2.24. The summed E-state index contributed by atoms with van der Waals surface area (Å²) in [7, 11) is 0. The molecular formula is C12H17Cl2IN4OS. The van der Waals surface area contributed by atoms with Crippen LogP contribution in [0.4, 0.5) is 0 Å². The summed E-state index contributed by atoms with van der Waals surface area (Å²) in [6, 6.07) is 1.59. The fraction of sp³-hybridized carbons (Fsp3) is 0.500. The van der Waals surface area contributed by atoms with Crippen LogP contribution in [0.1, 0.15) is 0 Å². The lowest BCUT2D eigenvalue weighted by Gasteiger charge is -2.27. The smallest absolute Gasteiger partial charge is 0.232 e. The zero-order chi connectivity index (χ0) is 14.4. The minimum Gasteiger partial charge on any atom is -0.475 e. The first kappa shape index (κ1) is 18.9. The quantitative estimate of drug-likeness (QED) is 0.322. The van der Waals surface area contributed by atoms with E-state index in [4.69, 9.17) is 33.7 Å². The lowest BCUT2D eigenvalue weighted by molar-refractivity contribution is 0.315.